The third-order valence-electron chi connectivity index (χ3n) is 4.14. The largest absolute Gasteiger partial charge is 0.385 e. The van der Waals surface area contributed by atoms with E-state index in [1.165, 1.54) is 0 Å². The minimum atomic E-state index is -1.01. The number of rotatable bonds is 7. The SMILES string of the molecule is CCn1nc(-c2ccncc2)cc1CC(=O)[C@H](O)Cc1ccccc1. The average molecular weight is 335 g/mol. The summed E-state index contributed by atoms with van der Waals surface area (Å²) < 4.78 is 1.81. The molecule has 0 aliphatic heterocycles. The lowest BCUT2D eigenvalue weighted by molar-refractivity contribution is -0.126. The highest BCUT2D eigenvalue weighted by Crippen LogP contribution is 2.19. The highest BCUT2D eigenvalue weighted by molar-refractivity contribution is 5.85. The number of ketones is 1. The second-order valence-corrected chi connectivity index (χ2v) is 5.92. The predicted molar refractivity (Wildman–Crippen MR) is 96.0 cm³/mol. The van der Waals surface area contributed by atoms with Crippen molar-refractivity contribution in [3.63, 3.8) is 0 Å². The Labute approximate surface area is 147 Å². The van der Waals surface area contributed by atoms with Gasteiger partial charge in [-0.25, -0.2) is 0 Å². The monoisotopic (exact) mass is 335 g/mol. The molecule has 0 spiro atoms. The second-order valence-electron chi connectivity index (χ2n) is 5.92. The molecular formula is C20H21N3O2. The van der Waals surface area contributed by atoms with Crippen LogP contribution in [0.1, 0.15) is 18.2 Å². The van der Waals surface area contributed by atoms with Crippen LogP contribution in [0.2, 0.25) is 0 Å². The van der Waals surface area contributed by atoms with Gasteiger partial charge in [-0.3, -0.25) is 14.5 Å². The molecule has 0 aliphatic carbocycles. The van der Waals surface area contributed by atoms with Gasteiger partial charge in [0, 0.05) is 36.6 Å². The lowest BCUT2D eigenvalue weighted by Crippen LogP contribution is -2.25. The van der Waals surface area contributed by atoms with E-state index in [2.05, 4.69) is 10.1 Å². The fourth-order valence-corrected chi connectivity index (χ4v) is 2.78. The number of hydrogen-bond donors (Lipinski definition) is 1. The highest BCUT2D eigenvalue weighted by atomic mass is 16.3. The van der Waals surface area contributed by atoms with Gasteiger partial charge in [-0.1, -0.05) is 30.3 Å². The highest BCUT2D eigenvalue weighted by Gasteiger charge is 2.19. The number of aliphatic hydroxyl groups excluding tert-OH is 1. The molecule has 1 aromatic carbocycles. The van der Waals surface area contributed by atoms with Crippen molar-refractivity contribution in [2.45, 2.75) is 32.4 Å². The minimum absolute atomic E-state index is 0.167. The van der Waals surface area contributed by atoms with Crippen molar-refractivity contribution in [3.8, 4) is 11.3 Å². The van der Waals surface area contributed by atoms with Crippen molar-refractivity contribution in [2.24, 2.45) is 0 Å². The third kappa shape index (κ3) is 4.19. The topological polar surface area (TPSA) is 68.0 Å². The summed E-state index contributed by atoms with van der Waals surface area (Å²) in [5.41, 5.74) is 3.53. The molecule has 0 saturated carbocycles. The van der Waals surface area contributed by atoms with Crippen LogP contribution in [-0.4, -0.2) is 31.8 Å². The van der Waals surface area contributed by atoms with Crippen LogP contribution in [0.15, 0.2) is 60.9 Å². The molecule has 0 aliphatic rings. The quantitative estimate of drug-likeness (QED) is 0.721. The summed E-state index contributed by atoms with van der Waals surface area (Å²) in [6.45, 7) is 2.65. The molecule has 5 heteroatoms. The normalized spacial score (nSPS) is 12.1. The van der Waals surface area contributed by atoms with Crippen LogP contribution in [0, 0.1) is 0 Å². The molecule has 0 bridgehead atoms. The molecule has 2 heterocycles. The summed E-state index contributed by atoms with van der Waals surface area (Å²) in [6, 6.07) is 15.2. The average Bonchev–Trinajstić information content (AvgIpc) is 3.06. The minimum Gasteiger partial charge on any atom is -0.385 e. The van der Waals surface area contributed by atoms with Crippen LogP contribution >= 0.6 is 0 Å². The van der Waals surface area contributed by atoms with E-state index >= 15 is 0 Å². The number of carbonyl (C=O) groups excluding carboxylic acids is 1. The van der Waals surface area contributed by atoms with Crippen LogP contribution < -0.4 is 0 Å². The molecule has 1 atom stereocenters. The lowest BCUT2D eigenvalue weighted by Gasteiger charge is -2.10. The molecule has 3 rings (SSSR count). The molecule has 0 amide bonds. The van der Waals surface area contributed by atoms with Gasteiger partial charge < -0.3 is 5.11 Å². The summed E-state index contributed by atoms with van der Waals surface area (Å²) >= 11 is 0. The van der Waals surface area contributed by atoms with Gasteiger partial charge in [0.2, 0.25) is 0 Å². The fraction of sp³-hybridized carbons (Fsp3) is 0.250. The number of Topliss-reactive ketones (excluding diaryl/α,β-unsaturated/α-hetero) is 1. The summed E-state index contributed by atoms with van der Waals surface area (Å²) in [7, 11) is 0. The first kappa shape index (κ1) is 17.0. The Morgan fingerprint density at radius 3 is 2.56 bits per heavy atom. The summed E-state index contributed by atoms with van der Waals surface area (Å²) in [6.07, 6.45) is 2.92. The van der Waals surface area contributed by atoms with E-state index in [1.807, 2.05) is 60.1 Å². The Balaban J connectivity index is 1.73. The van der Waals surface area contributed by atoms with Crippen molar-refractivity contribution in [3.05, 3.63) is 72.2 Å². The van der Waals surface area contributed by atoms with Crippen molar-refractivity contribution in [1.29, 1.82) is 0 Å². The molecular weight excluding hydrogens is 314 g/mol. The molecule has 0 saturated heterocycles. The zero-order chi connectivity index (χ0) is 17.6. The van der Waals surface area contributed by atoms with Crippen LogP contribution in [-0.2, 0) is 24.2 Å². The first-order valence-corrected chi connectivity index (χ1v) is 8.39. The molecule has 5 nitrogen and oxygen atoms in total. The van der Waals surface area contributed by atoms with Crippen LogP contribution in [0.4, 0.5) is 0 Å². The first-order chi connectivity index (χ1) is 12.2. The third-order valence-corrected chi connectivity index (χ3v) is 4.14. The van der Waals surface area contributed by atoms with Gasteiger partial charge in [-0.05, 0) is 30.7 Å². The predicted octanol–water partition coefficient (Wildman–Crippen LogP) is 2.68. The maximum absolute atomic E-state index is 12.4. The van der Waals surface area contributed by atoms with Crippen LogP contribution in [0.3, 0.4) is 0 Å². The van der Waals surface area contributed by atoms with Crippen molar-refractivity contribution < 1.29 is 9.90 Å². The molecule has 0 fully saturated rings. The van der Waals surface area contributed by atoms with Gasteiger partial charge in [0.15, 0.2) is 5.78 Å². The number of aryl methyl sites for hydroxylation is 1. The maximum Gasteiger partial charge on any atom is 0.167 e. The molecule has 0 unspecified atom stereocenters. The van der Waals surface area contributed by atoms with Crippen molar-refractivity contribution in [1.82, 2.24) is 14.8 Å². The first-order valence-electron chi connectivity index (χ1n) is 8.39. The van der Waals surface area contributed by atoms with Crippen LogP contribution in [0.25, 0.3) is 11.3 Å². The number of carbonyl (C=O) groups is 1. The number of pyridine rings is 1. The zero-order valence-corrected chi connectivity index (χ0v) is 14.2. The van der Waals surface area contributed by atoms with E-state index in [9.17, 15) is 9.90 Å². The van der Waals surface area contributed by atoms with Gasteiger partial charge >= 0.3 is 0 Å². The Morgan fingerprint density at radius 2 is 1.88 bits per heavy atom. The fourth-order valence-electron chi connectivity index (χ4n) is 2.78. The van der Waals surface area contributed by atoms with E-state index in [0.717, 1.165) is 22.5 Å². The summed E-state index contributed by atoms with van der Waals surface area (Å²) in [5, 5.41) is 14.8. The molecule has 1 N–H and O–H groups in total. The molecule has 3 aromatic rings. The summed E-state index contributed by atoms with van der Waals surface area (Å²) in [4.78, 5) is 16.4. The standard InChI is InChI=1S/C20H21N3O2/c1-2-23-17(13-18(22-23)16-8-10-21-11-9-16)14-20(25)19(24)12-15-6-4-3-5-7-15/h3-11,13,19,24H,2,12,14H2,1H3/t19-/m1/s1. The van der Waals surface area contributed by atoms with Gasteiger partial charge in [0.05, 0.1) is 12.1 Å². The van der Waals surface area contributed by atoms with E-state index in [-0.39, 0.29) is 12.2 Å². The van der Waals surface area contributed by atoms with Gasteiger partial charge in [0.1, 0.15) is 6.10 Å². The van der Waals surface area contributed by atoms with Crippen molar-refractivity contribution >= 4 is 5.78 Å². The molecule has 25 heavy (non-hydrogen) atoms. The van der Waals surface area contributed by atoms with E-state index < -0.39 is 6.10 Å². The number of hydrogen-bond acceptors (Lipinski definition) is 4. The van der Waals surface area contributed by atoms with Gasteiger partial charge in [-0.15, -0.1) is 0 Å². The molecule has 0 radical (unpaired) electrons. The van der Waals surface area contributed by atoms with E-state index in [1.54, 1.807) is 12.4 Å². The maximum atomic E-state index is 12.4. The van der Waals surface area contributed by atoms with E-state index in [0.29, 0.717) is 13.0 Å². The molecule has 128 valence electrons. The lowest BCUT2D eigenvalue weighted by atomic mass is 10.0. The number of aromatic nitrogens is 3. The Bertz CT molecular complexity index is 829. The van der Waals surface area contributed by atoms with E-state index in [4.69, 9.17) is 0 Å². The van der Waals surface area contributed by atoms with Crippen LogP contribution in [0.5, 0.6) is 0 Å². The Morgan fingerprint density at radius 1 is 1.16 bits per heavy atom. The Kier molecular flexibility index (Phi) is 5.36. The Hall–Kier alpha value is -2.79. The number of benzene rings is 1. The van der Waals surface area contributed by atoms with Crippen molar-refractivity contribution in [2.75, 3.05) is 0 Å². The second kappa shape index (κ2) is 7.85. The zero-order valence-electron chi connectivity index (χ0n) is 14.2. The summed E-state index contributed by atoms with van der Waals surface area (Å²) in [5.74, 6) is -0.195. The molecule has 2 aromatic heterocycles. The van der Waals surface area contributed by atoms with Gasteiger partial charge in [-0.2, -0.15) is 5.10 Å². The number of nitrogens with zero attached hydrogens (tertiary/aromatic N) is 3. The number of aliphatic hydroxyl groups is 1. The smallest absolute Gasteiger partial charge is 0.167 e. The van der Waals surface area contributed by atoms with Gasteiger partial charge in [0.25, 0.3) is 0 Å².